The van der Waals surface area contributed by atoms with Gasteiger partial charge in [-0.05, 0) is 19.3 Å². The van der Waals surface area contributed by atoms with Gasteiger partial charge >= 0.3 is 13.9 Å². The number of phosphoric acid groups is 1. The van der Waals surface area contributed by atoms with Gasteiger partial charge in [-0.2, -0.15) is 4.57 Å². The van der Waals surface area contributed by atoms with E-state index in [0.717, 1.165) is 25.7 Å². The van der Waals surface area contributed by atoms with Crippen LogP contribution in [-0.2, 0) is 29.6 Å². The number of halogens is 1. The van der Waals surface area contributed by atoms with E-state index in [9.17, 15) is 14.3 Å². The quantitative estimate of drug-likeness (QED) is 0.0791. The molecule has 1 aromatic heterocycles. The molecule has 3 heterocycles. The third-order valence-electron chi connectivity index (χ3n) is 8.86. The van der Waals surface area contributed by atoms with Crippen molar-refractivity contribution in [1.29, 1.82) is 0 Å². The van der Waals surface area contributed by atoms with E-state index in [1.165, 1.54) is 89.9 Å². The Balaban J connectivity index is 0.00000675. The zero-order valence-corrected chi connectivity index (χ0v) is 30.2. The molecule has 1 unspecified atom stereocenters. The third kappa shape index (κ3) is 16.3. The molecule has 0 radical (unpaired) electrons. The predicted octanol–water partition coefficient (Wildman–Crippen LogP) is 4.95. The van der Waals surface area contributed by atoms with Gasteiger partial charge in [0.15, 0.2) is 12.7 Å². The molecule has 0 aliphatic carbocycles. The van der Waals surface area contributed by atoms with Crippen LogP contribution in [-0.4, -0.2) is 49.6 Å². The molecule has 2 bridgehead atoms. The summed E-state index contributed by atoms with van der Waals surface area (Å²) in [5, 5.41) is 4.79. The van der Waals surface area contributed by atoms with Crippen molar-refractivity contribution in [3.05, 3.63) is 17.1 Å². The number of thiazole rings is 1. The minimum Gasteiger partial charge on any atom is -1.00 e. The third-order valence-corrected chi connectivity index (χ3v) is 10.5. The summed E-state index contributed by atoms with van der Waals surface area (Å²) in [5.74, 6) is -0.163. The van der Waals surface area contributed by atoms with Crippen LogP contribution in [0.3, 0.4) is 0 Å². The Kier molecular flexibility index (Phi) is 21.4. The van der Waals surface area contributed by atoms with E-state index in [4.69, 9.17) is 18.5 Å². The van der Waals surface area contributed by atoms with Crippen molar-refractivity contribution in [1.82, 2.24) is 5.32 Å². The largest absolute Gasteiger partial charge is 1.00 e. The number of unbranched alkanes of at least 4 members (excludes halogenated alkanes) is 15. The SMILES string of the molecule is CCCCCCCCCCCCCCCCCCNC(=O)OC[C@@H]1[C@H](COP(=O)(O)OCC[n+]2ccsc2)[C@@H]2CC[C@H]1O2.[Br-]. The fraction of sp³-hybridized carbons (Fsp3) is 0.875. The minimum atomic E-state index is -4.18. The number of fused-ring (bicyclic) bond motifs is 2. The summed E-state index contributed by atoms with van der Waals surface area (Å²) < 4.78 is 36.3. The molecule has 2 aliphatic heterocycles. The summed E-state index contributed by atoms with van der Waals surface area (Å²) >= 11 is 1.54. The average Bonchev–Trinajstić information content (AvgIpc) is 3.75. The van der Waals surface area contributed by atoms with Gasteiger partial charge in [0, 0.05) is 18.4 Å². The number of carbonyl (C=O) groups is 1. The molecule has 3 rings (SSSR count). The van der Waals surface area contributed by atoms with Crippen molar-refractivity contribution < 1.29 is 54.3 Å². The van der Waals surface area contributed by atoms with Gasteiger partial charge in [-0.15, -0.1) is 0 Å². The number of hydrogen-bond donors (Lipinski definition) is 2. The van der Waals surface area contributed by atoms with E-state index < -0.39 is 13.9 Å². The molecule has 256 valence electrons. The number of aromatic nitrogens is 1. The molecule has 9 nitrogen and oxygen atoms in total. The van der Waals surface area contributed by atoms with E-state index in [0.29, 0.717) is 13.1 Å². The predicted molar refractivity (Wildman–Crippen MR) is 170 cm³/mol. The molecule has 1 aromatic rings. The zero-order valence-electron chi connectivity index (χ0n) is 26.9. The molecule has 0 saturated carbocycles. The Labute approximate surface area is 280 Å². The van der Waals surface area contributed by atoms with E-state index >= 15 is 0 Å². The molecule has 0 aromatic carbocycles. The first-order valence-electron chi connectivity index (χ1n) is 17.1. The molecular weight excluding hydrogens is 667 g/mol. The van der Waals surface area contributed by atoms with Crippen LogP contribution >= 0.6 is 19.2 Å². The van der Waals surface area contributed by atoms with Crippen molar-refractivity contribution in [3.8, 4) is 0 Å². The van der Waals surface area contributed by atoms with Crippen LogP contribution in [0.2, 0.25) is 0 Å². The number of amides is 1. The Bertz CT molecular complexity index is 913. The summed E-state index contributed by atoms with van der Waals surface area (Å²) in [6.07, 6.45) is 24.4. The first-order valence-corrected chi connectivity index (χ1v) is 19.5. The number of nitrogens with zero attached hydrogens (tertiary/aromatic N) is 1. The number of rotatable bonds is 26. The van der Waals surface area contributed by atoms with Crippen molar-refractivity contribution in [2.75, 3.05) is 26.4 Å². The molecule has 2 fully saturated rings. The highest BCUT2D eigenvalue weighted by Gasteiger charge is 2.50. The Morgan fingerprint density at radius 3 is 1.98 bits per heavy atom. The van der Waals surface area contributed by atoms with Gasteiger partial charge in [0.1, 0.15) is 6.61 Å². The molecule has 5 atom stereocenters. The molecule has 44 heavy (non-hydrogen) atoms. The lowest BCUT2D eigenvalue weighted by atomic mass is 9.80. The van der Waals surface area contributed by atoms with Crippen LogP contribution in [0.5, 0.6) is 0 Å². The number of nitrogens with one attached hydrogen (secondary N) is 1. The van der Waals surface area contributed by atoms with Crippen molar-refractivity contribution in [3.63, 3.8) is 0 Å². The lowest BCUT2D eigenvalue weighted by molar-refractivity contribution is -0.693. The monoisotopic (exact) mass is 724 g/mol. The number of hydrogen-bond acceptors (Lipinski definition) is 7. The minimum absolute atomic E-state index is 0. The summed E-state index contributed by atoms with van der Waals surface area (Å²) in [6, 6.07) is 0. The fourth-order valence-corrected chi connectivity index (χ4v) is 7.66. The molecule has 0 spiro atoms. The molecule has 2 aliphatic rings. The number of carbonyl (C=O) groups excluding carboxylic acids is 1. The number of phosphoric ester groups is 1. The second kappa shape index (κ2) is 23.7. The van der Waals surface area contributed by atoms with Gasteiger partial charge in [0.2, 0.25) is 5.51 Å². The maximum Gasteiger partial charge on any atom is 0.472 e. The highest BCUT2D eigenvalue weighted by atomic mass is 79.9. The number of ether oxygens (including phenoxy) is 2. The smallest absolute Gasteiger partial charge is 0.472 e. The Morgan fingerprint density at radius 2 is 1.43 bits per heavy atom. The first-order chi connectivity index (χ1) is 21.0. The van der Waals surface area contributed by atoms with Crippen molar-refractivity contribution in [2.45, 2.75) is 141 Å². The lowest BCUT2D eigenvalue weighted by Crippen LogP contribution is -3.00. The molecular formula is C32H58BrN2O7PS. The lowest BCUT2D eigenvalue weighted by Gasteiger charge is -2.27. The van der Waals surface area contributed by atoms with Crippen molar-refractivity contribution in [2.24, 2.45) is 11.8 Å². The Hall–Kier alpha value is -0.550. The highest BCUT2D eigenvalue weighted by molar-refractivity contribution is 7.47. The maximum atomic E-state index is 12.4. The van der Waals surface area contributed by atoms with Crippen LogP contribution in [0, 0.1) is 11.8 Å². The van der Waals surface area contributed by atoms with Crippen LogP contribution in [0.1, 0.15) is 122 Å². The molecule has 12 heteroatoms. The van der Waals surface area contributed by atoms with Gasteiger partial charge in [0.05, 0.1) is 30.8 Å². The second-order valence-electron chi connectivity index (χ2n) is 12.3. The fourth-order valence-electron chi connectivity index (χ4n) is 6.29. The van der Waals surface area contributed by atoms with Gasteiger partial charge < -0.3 is 36.7 Å². The van der Waals surface area contributed by atoms with Gasteiger partial charge in [-0.3, -0.25) is 9.05 Å². The van der Waals surface area contributed by atoms with Gasteiger partial charge in [-0.25, -0.2) is 9.36 Å². The van der Waals surface area contributed by atoms with Crippen LogP contribution < -0.4 is 26.9 Å². The molecule has 2 saturated heterocycles. The molecule has 2 N–H and O–H groups in total. The van der Waals surface area contributed by atoms with Crippen LogP contribution in [0.4, 0.5) is 4.79 Å². The summed E-state index contributed by atoms with van der Waals surface area (Å²) in [6.45, 7) is 3.69. The maximum absolute atomic E-state index is 12.4. The normalized spacial score (nSPS) is 22.0. The van der Waals surface area contributed by atoms with E-state index in [1.807, 2.05) is 21.7 Å². The van der Waals surface area contributed by atoms with E-state index in [-0.39, 0.29) is 60.8 Å². The standard InChI is InChI=1S/C32H57N2O7PS.BrH/c1-2-3-4-5-6-7-8-9-10-11-12-13-14-15-16-17-20-33-32(35)38-25-28-29(31-19-18-30(28)41-31)26-40-42(36,37)39-23-21-34-22-24-43-27-34;/h22,24,27-31H,2-21,23,25-26H2,1H3,(H-,33,35,36,37);1H/t28-,29+,30-,31+;/m1./s1. The second-order valence-corrected chi connectivity index (χ2v) is 14.5. The van der Waals surface area contributed by atoms with E-state index in [1.54, 1.807) is 11.3 Å². The van der Waals surface area contributed by atoms with Gasteiger partial charge in [0.25, 0.3) is 0 Å². The summed E-state index contributed by atoms with van der Waals surface area (Å²) in [4.78, 5) is 22.4. The molecule has 1 amide bonds. The zero-order chi connectivity index (χ0) is 30.6. The van der Waals surface area contributed by atoms with Crippen LogP contribution in [0.25, 0.3) is 0 Å². The van der Waals surface area contributed by atoms with E-state index in [2.05, 4.69) is 12.2 Å². The average molecular weight is 726 g/mol. The summed E-state index contributed by atoms with van der Waals surface area (Å²) in [5.41, 5.74) is 1.90. The topological polar surface area (TPSA) is 107 Å². The Morgan fingerprint density at radius 1 is 0.886 bits per heavy atom. The summed E-state index contributed by atoms with van der Waals surface area (Å²) in [7, 11) is -4.18. The number of alkyl carbamates (subject to hydrolysis) is 1. The van der Waals surface area contributed by atoms with Crippen molar-refractivity contribution >= 4 is 25.3 Å². The van der Waals surface area contributed by atoms with Crippen LogP contribution in [0.15, 0.2) is 17.1 Å². The highest BCUT2D eigenvalue weighted by Crippen LogP contribution is 2.48. The van der Waals surface area contributed by atoms with Gasteiger partial charge in [-0.1, -0.05) is 115 Å². The first kappa shape index (κ1) is 39.6.